The number of nitrogens with zero attached hydrogens (tertiary/aromatic N) is 4. The topological polar surface area (TPSA) is 72.7 Å². The van der Waals surface area contributed by atoms with Crippen molar-refractivity contribution in [3.8, 4) is 17.1 Å². The lowest BCUT2D eigenvalue weighted by Crippen LogP contribution is -2.14. The monoisotopic (exact) mass is 439 g/mol. The van der Waals surface area contributed by atoms with Crippen LogP contribution in [0.15, 0.2) is 78.2 Å². The SMILES string of the molecule is O=C(CSc1nnc(-c2ccncc2)n1-c1cccc(Cl)c1)Nc1ccc(F)cc1. The quantitative estimate of drug-likeness (QED) is 0.435. The number of anilines is 1. The molecule has 0 saturated carbocycles. The normalized spacial score (nSPS) is 10.7. The molecule has 0 aliphatic carbocycles. The van der Waals surface area contributed by atoms with Crippen molar-refractivity contribution in [2.24, 2.45) is 0 Å². The maximum absolute atomic E-state index is 13.0. The van der Waals surface area contributed by atoms with Gasteiger partial charge in [0, 0.05) is 28.7 Å². The number of rotatable bonds is 6. The third-order valence-electron chi connectivity index (χ3n) is 4.10. The minimum atomic E-state index is -0.361. The fraction of sp³-hybridized carbons (Fsp3) is 0.0476. The minimum Gasteiger partial charge on any atom is -0.325 e. The summed E-state index contributed by atoms with van der Waals surface area (Å²) in [5.74, 6) is 0.117. The molecule has 0 radical (unpaired) electrons. The van der Waals surface area contributed by atoms with Gasteiger partial charge in [-0.2, -0.15) is 0 Å². The van der Waals surface area contributed by atoms with E-state index in [1.807, 2.05) is 28.8 Å². The van der Waals surface area contributed by atoms with Crippen molar-refractivity contribution < 1.29 is 9.18 Å². The zero-order chi connectivity index (χ0) is 20.9. The molecule has 0 atom stereocenters. The number of aromatic nitrogens is 4. The van der Waals surface area contributed by atoms with Crippen LogP contribution in [0, 0.1) is 5.82 Å². The van der Waals surface area contributed by atoms with Gasteiger partial charge in [-0.25, -0.2) is 4.39 Å². The molecule has 0 aliphatic heterocycles. The summed E-state index contributed by atoms with van der Waals surface area (Å²) in [6.45, 7) is 0. The highest BCUT2D eigenvalue weighted by molar-refractivity contribution is 7.99. The van der Waals surface area contributed by atoms with Crippen LogP contribution in [0.5, 0.6) is 0 Å². The summed E-state index contributed by atoms with van der Waals surface area (Å²) in [5.41, 5.74) is 2.14. The summed E-state index contributed by atoms with van der Waals surface area (Å²) in [7, 11) is 0. The van der Waals surface area contributed by atoms with E-state index < -0.39 is 0 Å². The van der Waals surface area contributed by atoms with Gasteiger partial charge in [0.15, 0.2) is 11.0 Å². The van der Waals surface area contributed by atoms with Crippen molar-refractivity contribution >= 4 is 35.0 Å². The van der Waals surface area contributed by atoms with E-state index in [1.54, 1.807) is 24.5 Å². The van der Waals surface area contributed by atoms with Crippen LogP contribution in [0.25, 0.3) is 17.1 Å². The van der Waals surface area contributed by atoms with Crippen molar-refractivity contribution in [2.45, 2.75) is 5.16 Å². The third kappa shape index (κ3) is 4.67. The van der Waals surface area contributed by atoms with Crippen LogP contribution in [-0.2, 0) is 4.79 Å². The Hall–Kier alpha value is -3.23. The van der Waals surface area contributed by atoms with Gasteiger partial charge in [-0.15, -0.1) is 10.2 Å². The van der Waals surface area contributed by atoms with Crippen LogP contribution in [-0.4, -0.2) is 31.4 Å². The maximum atomic E-state index is 13.0. The van der Waals surface area contributed by atoms with Crippen molar-refractivity contribution in [1.29, 1.82) is 0 Å². The Morgan fingerprint density at radius 1 is 1.07 bits per heavy atom. The third-order valence-corrected chi connectivity index (χ3v) is 5.26. The lowest BCUT2D eigenvalue weighted by molar-refractivity contribution is -0.113. The zero-order valence-electron chi connectivity index (χ0n) is 15.5. The van der Waals surface area contributed by atoms with Gasteiger partial charge in [0.2, 0.25) is 5.91 Å². The highest BCUT2D eigenvalue weighted by Gasteiger charge is 2.17. The number of benzene rings is 2. The molecule has 150 valence electrons. The molecule has 6 nitrogen and oxygen atoms in total. The minimum absolute atomic E-state index is 0.104. The first-order valence-corrected chi connectivity index (χ1v) is 10.3. The van der Waals surface area contributed by atoms with Gasteiger partial charge < -0.3 is 5.32 Å². The van der Waals surface area contributed by atoms with Gasteiger partial charge in [0.05, 0.1) is 11.4 Å². The maximum Gasteiger partial charge on any atom is 0.234 e. The first kappa shape index (κ1) is 20.1. The van der Waals surface area contributed by atoms with Gasteiger partial charge in [-0.05, 0) is 54.6 Å². The lowest BCUT2D eigenvalue weighted by atomic mass is 10.2. The van der Waals surface area contributed by atoms with E-state index in [1.165, 1.54) is 36.0 Å². The number of hydrogen-bond donors (Lipinski definition) is 1. The van der Waals surface area contributed by atoms with Crippen LogP contribution in [0.2, 0.25) is 5.02 Å². The molecule has 1 N–H and O–H groups in total. The summed E-state index contributed by atoms with van der Waals surface area (Å²) in [6.07, 6.45) is 3.35. The predicted molar refractivity (Wildman–Crippen MR) is 115 cm³/mol. The zero-order valence-corrected chi connectivity index (χ0v) is 17.1. The Morgan fingerprint density at radius 2 is 1.83 bits per heavy atom. The number of pyridine rings is 1. The molecule has 9 heteroatoms. The average molecular weight is 440 g/mol. The number of nitrogens with one attached hydrogen (secondary N) is 1. The Morgan fingerprint density at radius 3 is 2.57 bits per heavy atom. The van der Waals surface area contributed by atoms with Crippen LogP contribution in [0.1, 0.15) is 0 Å². The van der Waals surface area contributed by atoms with Gasteiger partial charge in [0.1, 0.15) is 5.82 Å². The Bertz CT molecular complexity index is 1170. The van der Waals surface area contributed by atoms with Gasteiger partial charge in [-0.1, -0.05) is 29.4 Å². The number of amides is 1. The molecule has 1 amide bonds. The van der Waals surface area contributed by atoms with E-state index in [0.29, 0.717) is 21.7 Å². The summed E-state index contributed by atoms with van der Waals surface area (Å²) in [5, 5.41) is 12.4. The molecule has 30 heavy (non-hydrogen) atoms. The molecule has 0 aliphatic rings. The predicted octanol–water partition coefficient (Wildman–Crippen LogP) is 4.85. The smallest absolute Gasteiger partial charge is 0.234 e. The number of hydrogen-bond acceptors (Lipinski definition) is 5. The molecule has 2 heterocycles. The summed E-state index contributed by atoms with van der Waals surface area (Å²) >= 11 is 7.42. The first-order valence-electron chi connectivity index (χ1n) is 8.90. The van der Waals surface area contributed by atoms with E-state index in [2.05, 4.69) is 20.5 Å². The van der Waals surface area contributed by atoms with Crippen molar-refractivity contribution in [3.63, 3.8) is 0 Å². The second-order valence-corrected chi connectivity index (χ2v) is 7.58. The second-order valence-electron chi connectivity index (χ2n) is 6.20. The van der Waals surface area contributed by atoms with Gasteiger partial charge >= 0.3 is 0 Å². The molecule has 2 aromatic heterocycles. The second kappa shape index (κ2) is 9.06. The molecule has 0 fully saturated rings. The van der Waals surface area contributed by atoms with Crippen LogP contribution in [0.4, 0.5) is 10.1 Å². The number of halogens is 2. The van der Waals surface area contributed by atoms with E-state index in [-0.39, 0.29) is 17.5 Å². The molecule has 0 saturated heterocycles. The molecular formula is C21H15ClFN5OS. The molecule has 2 aromatic carbocycles. The van der Waals surface area contributed by atoms with Gasteiger partial charge in [-0.3, -0.25) is 14.3 Å². The Kier molecular flexibility index (Phi) is 6.06. The summed E-state index contributed by atoms with van der Waals surface area (Å²) in [6, 6.07) is 16.6. The van der Waals surface area contributed by atoms with Crippen molar-refractivity contribution in [3.05, 3.63) is 83.9 Å². The number of thioether (sulfide) groups is 1. The van der Waals surface area contributed by atoms with Gasteiger partial charge in [0.25, 0.3) is 0 Å². The van der Waals surface area contributed by atoms with Crippen LogP contribution in [0.3, 0.4) is 0 Å². The fourth-order valence-electron chi connectivity index (χ4n) is 2.76. The first-order chi connectivity index (χ1) is 14.6. The standard InChI is InChI=1S/C21H15ClFN5OS/c22-15-2-1-3-18(12-15)28-20(14-8-10-24-11-9-14)26-27-21(28)30-13-19(29)25-17-6-4-16(23)5-7-17/h1-12H,13H2,(H,25,29). The molecule has 4 rings (SSSR count). The average Bonchev–Trinajstić information content (AvgIpc) is 3.19. The van der Waals surface area contributed by atoms with E-state index in [0.717, 1.165) is 11.3 Å². The highest BCUT2D eigenvalue weighted by Crippen LogP contribution is 2.29. The highest BCUT2D eigenvalue weighted by atomic mass is 35.5. The number of carbonyl (C=O) groups is 1. The van der Waals surface area contributed by atoms with E-state index in [9.17, 15) is 9.18 Å². The molecule has 0 bridgehead atoms. The van der Waals surface area contributed by atoms with Crippen LogP contribution < -0.4 is 5.32 Å². The fourth-order valence-corrected chi connectivity index (χ4v) is 3.70. The largest absolute Gasteiger partial charge is 0.325 e. The molecular weight excluding hydrogens is 425 g/mol. The number of carbonyl (C=O) groups excluding carboxylic acids is 1. The molecule has 4 aromatic rings. The van der Waals surface area contributed by atoms with E-state index >= 15 is 0 Å². The molecule has 0 spiro atoms. The summed E-state index contributed by atoms with van der Waals surface area (Å²) in [4.78, 5) is 16.4. The summed E-state index contributed by atoms with van der Waals surface area (Å²) < 4.78 is 14.9. The lowest BCUT2D eigenvalue weighted by Gasteiger charge is -2.11. The van der Waals surface area contributed by atoms with Crippen molar-refractivity contribution in [1.82, 2.24) is 19.7 Å². The van der Waals surface area contributed by atoms with Crippen LogP contribution >= 0.6 is 23.4 Å². The molecule has 0 unspecified atom stereocenters. The van der Waals surface area contributed by atoms with E-state index in [4.69, 9.17) is 11.6 Å². The Balaban J connectivity index is 1.59. The van der Waals surface area contributed by atoms with Crippen molar-refractivity contribution in [2.75, 3.05) is 11.1 Å². The Labute approximate surface area is 181 Å².